The normalized spacial score (nSPS) is 21.6. The van der Waals surface area contributed by atoms with Crippen LogP contribution in [0.25, 0.3) is 0 Å². The zero-order chi connectivity index (χ0) is 27.0. The summed E-state index contributed by atoms with van der Waals surface area (Å²) in [6, 6.07) is 0.627. The van der Waals surface area contributed by atoms with Crippen LogP contribution in [-0.4, -0.2) is 77.4 Å². The van der Waals surface area contributed by atoms with Gasteiger partial charge in [-0.15, -0.1) is 21.1 Å². The number of thioether (sulfide) groups is 1. The Morgan fingerprint density at radius 2 is 2.16 bits per heavy atom. The van der Waals surface area contributed by atoms with Crippen LogP contribution in [0.2, 0.25) is 0 Å². The second kappa shape index (κ2) is 10.6. The van der Waals surface area contributed by atoms with Crippen LogP contribution >= 0.6 is 23.3 Å². The maximum Gasteiger partial charge on any atom is 0.278 e. The molecule has 5 rings (SSSR count). The van der Waals surface area contributed by atoms with Gasteiger partial charge in [-0.3, -0.25) is 14.5 Å². The van der Waals surface area contributed by atoms with Crippen LogP contribution in [0.1, 0.15) is 25.1 Å². The first-order valence-electron chi connectivity index (χ1n) is 11.8. The van der Waals surface area contributed by atoms with E-state index in [-0.39, 0.29) is 53.9 Å². The molecule has 202 valence electrons. The highest BCUT2D eigenvalue weighted by Gasteiger charge is 2.53. The average Bonchev–Trinajstić information content (AvgIpc) is 3.44. The van der Waals surface area contributed by atoms with Crippen molar-refractivity contribution in [1.82, 2.24) is 24.3 Å². The molecule has 0 unspecified atom stereocenters. The average molecular weight is 564 g/mol. The fraction of sp³-hybridized carbons (Fsp3) is 0.476. The van der Waals surface area contributed by atoms with E-state index < -0.39 is 29.2 Å². The standard InChI is InChI=1S/C21H25N9O6S2/c22-12-4-5-28(29(12)6-7-31)8-10-9-37-19-14(18(33)30(19)15(10)20(34)35)24-17(32)13(16-25-21(23)38-27-16)26-36-11-2-1-3-11/h4-5,11,14,19,22,31H,1-3,6-9H2,(H4,23,24,25,27,32,34,35)/t14-,19-/m1/s1. The van der Waals surface area contributed by atoms with Crippen LogP contribution in [0, 0.1) is 0 Å². The maximum atomic E-state index is 13.1. The summed E-state index contributed by atoms with van der Waals surface area (Å²) in [5.74, 6) is -2.21. The van der Waals surface area contributed by atoms with Crippen molar-refractivity contribution in [3.63, 3.8) is 0 Å². The number of carbonyl (C=O) groups is 3. The first kappa shape index (κ1) is 25.9. The minimum atomic E-state index is -1.50. The molecular formula is C21H25N9O6S2. The summed E-state index contributed by atoms with van der Waals surface area (Å²) in [6.45, 7) is 0.175. The molecule has 0 aromatic carbocycles. The Labute approximate surface area is 224 Å². The quantitative estimate of drug-likeness (QED) is 0.0998. The molecule has 4 heterocycles. The third kappa shape index (κ3) is 4.79. The number of carboxylic acids is 1. The lowest BCUT2D eigenvalue weighted by Gasteiger charge is -2.50. The summed E-state index contributed by atoms with van der Waals surface area (Å²) in [5.41, 5.74) is 11.6. The van der Waals surface area contributed by atoms with Crippen molar-refractivity contribution in [1.29, 1.82) is 0 Å². The summed E-state index contributed by atoms with van der Waals surface area (Å²) in [5, 5.41) is 27.5. The van der Waals surface area contributed by atoms with Gasteiger partial charge >= 0.3 is 0 Å². The van der Waals surface area contributed by atoms with E-state index in [9.17, 15) is 24.6 Å². The zero-order valence-corrected chi connectivity index (χ0v) is 21.6. The van der Waals surface area contributed by atoms with Crippen LogP contribution in [-0.2, 0) is 32.3 Å². The Balaban J connectivity index is 1.34. The molecule has 6 N–H and O–H groups in total. The lowest BCUT2D eigenvalue weighted by atomic mass is 9.97. The van der Waals surface area contributed by atoms with Crippen LogP contribution in [0.5, 0.6) is 0 Å². The molecular weight excluding hydrogens is 538 g/mol. The molecule has 17 heteroatoms. The Morgan fingerprint density at radius 3 is 2.79 bits per heavy atom. The van der Waals surface area contributed by atoms with E-state index in [1.165, 1.54) is 11.8 Å². The number of amides is 2. The first-order valence-corrected chi connectivity index (χ1v) is 13.6. The SMILES string of the molecule is Nc1nc(C(=NOC2CCC2)C(=O)N[C@@H]2C(=O)N3C(C(=O)[O-])=C(C[n+]4ccc(N)n4CCO)CS[C@H]23)ns1. The molecule has 1 saturated heterocycles. The van der Waals surface area contributed by atoms with Gasteiger partial charge in [0.25, 0.3) is 11.8 Å². The Morgan fingerprint density at radius 1 is 1.37 bits per heavy atom. The van der Waals surface area contributed by atoms with E-state index in [1.807, 2.05) is 0 Å². The van der Waals surface area contributed by atoms with Crippen LogP contribution in [0.4, 0.5) is 10.9 Å². The van der Waals surface area contributed by atoms with Crippen molar-refractivity contribution in [2.75, 3.05) is 23.8 Å². The molecule has 2 atom stereocenters. The molecule has 0 spiro atoms. The number of nitrogen functional groups attached to an aromatic ring is 2. The Bertz CT molecular complexity index is 1330. The number of hydrogen-bond acceptors (Lipinski definition) is 13. The van der Waals surface area contributed by atoms with Gasteiger partial charge in [0.1, 0.15) is 24.1 Å². The Hall–Kier alpha value is -3.70. The molecule has 2 fully saturated rings. The molecule has 2 aliphatic heterocycles. The van der Waals surface area contributed by atoms with Crippen LogP contribution in [0.15, 0.2) is 28.7 Å². The predicted molar refractivity (Wildman–Crippen MR) is 133 cm³/mol. The molecule has 1 aliphatic carbocycles. The van der Waals surface area contributed by atoms with Crippen molar-refractivity contribution < 1.29 is 34.1 Å². The van der Waals surface area contributed by atoms with Crippen molar-refractivity contribution >= 4 is 57.7 Å². The molecule has 2 aromatic rings. The number of fused-ring (bicyclic) bond motifs is 1. The number of carbonyl (C=O) groups excluding carboxylic acids is 3. The predicted octanol–water partition coefficient (Wildman–Crippen LogP) is -2.84. The highest BCUT2D eigenvalue weighted by molar-refractivity contribution is 8.00. The third-order valence-electron chi connectivity index (χ3n) is 6.43. The number of oxime groups is 1. The smallest absolute Gasteiger partial charge is 0.278 e. The van der Waals surface area contributed by atoms with Crippen molar-refractivity contribution in [2.45, 2.75) is 49.9 Å². The van der Waals surface area contributed by atoms with E-state index in [0.717, 1.165) is 35.7 Å². The fourth-order valence-corrected chi connectivity index (χ4v) is 6.05. The molecule has 2 aromatic heterocycles. The summed E-state index contributed by atoms with van der Waals surface area (Å²) < 4.78 is 7.29. The second-order valence-corrected chi connectivity index (χ2v) is 10.7. The van der Waals surface area contributed by atoms with Gasteiger partial charge in [0.05, 0.1) is 24.3 Å². The van der Waals surface area contributed by atoms with Gasteiger partial charge in [-0.25, -0.2) is 0 Å². The number of aliphatic hydroxyl groups is 1. The number of rotatable bonds is 10. The van der Waals surface area contributed by atoms with Gasteiger partial charge in [0, 0.05) is 22.9 Å². The molecule has 0 radical (unpaired) electrons. The van der Waals surface area contributed by atoms with E-state index in [2.05, 4.69) is 19.8 Å². The van der Waals surface area contributed by atoms with Gasteiger partial charge in [-0.1, -0.05) is 5.16 Å². The molecule has 3 aliphatic rings. The van der Waals surface area contributed by atoms with Gasteiger partial charge in [-0.05, 0) is 19.3 Å². The number of β-lactam (4-membered cyclic amide) rings is 1. The zero-order valence-electron chi connectivity index (χ0n) is 20.0. The van der Waals surface area contributed by atoms with Crippen LogP contribution < -0.4 is 26.6 Å². The van der Waals surface area contributed by atoms with Gasteiger partial charge in [-0.2, -0.15) is 9.36 Å². The minimum Gasteiger partial charge on any atom is -0.543 e. The maximum absolute atomic E-state index is 13.1. The number of anilines is 2. The third-order valence-corrected chi connectivity index (χ3v) is 8.31. The number of nitrogens with one attached hydrogen (secondary N) is 1. The minimum absolute atomic E-state index is 0.0240. The molecule has 1 saturated carbocycles. The first-order chi connectivity index (χ1) is 18.3. The van der Waals surface area contributed by atoms with E-state index in [4.69, 9.17) is 16.3 Å². The van der Waals surface area contributed by atoms with Crippen molar-refractivity contribution in [3.05, 3.63) is 29.4 Å². The van der Waals surface area contributed by atoms with Gasteiger partial charge in [0.15, 0.2) is 23.7 Å². The number of aliphatic hydroxyl groups excluding tert-OH is 1. The van der Waals surface area contributed by atoms with Gasteiger partial charge in [0.2, 0.25) is 11.5 Å². The van der Waals surface area contributed by atoms with Crippen molar-refractivity contribution in [2.24, 2.45) is 5.16 Å². The molecule has 38 heavy (non-hydrogen) atoms. The highest BCUT2D eigenvalue weighted by atomic mass is 32.2. The lowest BCUT2D eigenvalue weighted by molar-refractivity contribution is -0.767. The fourth-order valence-electron chi connectivity index (χ4n) is 4.28. The number of nitrogens with two attached hydrogens (primary N) is 2. The molecule has 2 amide bonds. The van der Waals surface area contributed by atoms with Crippen LogP contribution in [0.3, 0.4) is 0 Å². The van der Waals surface area contributed by atoms with E-state index >= 15 is 0 Å². The number of aromatic nitrogens is 4. The monoisotopic (exact) mass is 563 g/mol. The number of hydrogen-bond donors (Lipinski definition) is 4. The summed E-state index contributed by atoms with van der Waals surface area (Å²) in [7, 11) is 0. The number of aliphatic carboxylic acids is 1. The van der Waals surface area contributed by atoms with Gasteiger partial charge < -0.3 is 36.6 Å². The van der Waals surface area contributed by atoms with E-state index in [0.29, 0.717) is 11.4 Å². The molecule has 0 bridgehead atoms. The van der Waals surface area contributed by atoms with Crippen molar-refractivity contribution in [3.8, 4) is 0 Å². The topological polar surface area (TPSA) is 218 Å². The number of nitrogens with zero attached hydrogens (tertiary/aromatic N) is 6. The second-order valence-electron chi connectivity index (χ2n) is 8.84. The lowest BCUT2D eigenvalue weighted by Crippen LogP contribution is -2.71. The largest absolute Gasteiger partial charge is 0.543 e. The summed E-state index contributed by atoms with van der Waals surface area (Å²) in [4.78, 5) is 48.9. The van der Waals surface area contributed by atoms with E-state index in [1.54, 1.807) is 21.6 Å². The Kier molecular flexibility index (Phi) is 7.22. The summed E-state index contributed by atoms with van der Waals surface area (Å²) in [6.07, 6.45) is 4.19. The molecule has 15 nitrogen and oxygen atoms in total. The highest BCUT2D eigenvalue weighted by Crippen LogP contribution is 2.40. The summed E-state index contributed by atoms with van der Waals surface area (Å²) >= 11 is 2.19. The number of carboxylic acid groups (broad SMARTS) is 1.